The topological polar surface area (TPSA) is 78.9 Å². The molecule has 0 radical (unpaired) electrons. The summed E-state index contributed by atoms with van der Waals surface area (Å²) in [5.74, 6) is 3.09. The van der Waals surface area contributed by atoms with Crippen LogP contribution in [0.3, 0.4) is 0 Å². The van der Waals surface area contributed by atoms with Crippen molar-refractivity contribution in [2.24, 2.45) is 0 Å². The van der Waals surface area contributed by atoms with Crippen LogP contribution < -0.4 is 4.74 Å². The minimum atomic E-state index is 0.496. The predicted octanol–water partition coefficient (Wildman–Crippen LogP) is 4.97. The number of hydrogen-bond donors (Lipinski definition) is 0. The number of thioether (sulfide) groups is 1. The van der Waals surface area contributed by atoms with E-state index < -0.39 is 0 Å². The van der Waals surface area contributed by atoms with Crippen molar-refractivity contribution < 1.29 is 9.26 Å². The summed E-state index contributed by atoms with van der Waals surface area (Å²) in [5, 5.41) is 14.2. The highest BCUT2D eigenvalue weighted by molar-refractivity contribution is 7.98. The Morgan fingerprint density at radius 1 is 1.10 bits per heavy atom. The van der Waals surface area contributed by atoms with Crippen molar-refractivity contribution in [1.29, 1.82) is 0 Å². The molecule has 2 heterocycles. The van der Waals surface area contributed by atoms with Crippen molar-refractivity contribution >= 4 is 23.4 Å². The van der Waals surface area contributed by atoms with E-state index >= 15 is 0 Å². The smallest absolute Gasteiger partial charge is 0.237 e. The van der Waals surface area contributed by atoms with Gasteiger partial charge in [-0.2, -0.15) is 4.98 Å². The predicted molar refractivity (Wildman–Crippen MR) is 112 cm³/mol. The lowest BCUT2D eigenvalue weighted by molar-refractivity contribution is 0.391. The molecule has 0 unspecified atom stereocenters. The highest BCUT2D eigenvalue weighted by atomic mass is 35.5. The summed E-state index contributed by atoms with van der Waals surface area (Å²) in [6, 6.07) is 15.1. The maximum Gasteiger partial charge on any atom is 0.237 e. The summed E-state index contributed by atoms with van der Waals surface area (Å²) in [4.78, 5) is 4.47. The molecule has 0 saturated heterocycles. The number of ether oxygens (including phenoxy) is 1. The lowest BCUT2D eigenvalue weighted by Gasteiger charge is -2.06. The molecule has 0 bridgehead atoms. The van der Waals surface area contributed by atoms with Gasteiger partial charge in [0.1, 0.15) is 5.75 Å². The number of nitrogens with zero attached hydrogens (tertiary/aromatic N) is 5. The maximum atomic E-state index is 5.98. The van der Waals surface area contributed by atoms with Gasteiger partial charge < -0.3 is 13.8 Å². The Labute approximate surface area is 177 Å². The average Bonchev–Trinajstić information content (AvgIpc) is 3.39. The van der Waals surface area contributed by atoms with Gasteiger partial charge in [0, 0.05) is 22.7 Å². The van der Waals surface area contributed by atoms with Crippen molar-refractivity contribution in [3.05, 3.63) is 59.4 Å². The summed E-state index contributed by atoms with van der Waals surface area (Å²) in [7, 11) is 1.62. The highest BCUT2D eigenvalue weighted by Crippen LogP contribution is 2.28. The van der Waals surface area contributed by atoms with Gasteiger partial charge >= 0.3 is 0 Å². The van der Waals surface area contributed by atoms with Crippen LogP contribution in [-0.2, 0) is 12.3 Å². The molecule has 0 spiro atoms. The second kappa shape index (κ2) is 8.67. The lowest BCUT2D eigenvalue weighted by Crippen LogP contribution is -1.99. The van der Waals surface area contributed by atoms with Crippen LogP contribution in [0.5, 0.6) is 5.75 Å². The number of aromatic nitrogens is 5. The molecule has 0 aliphatic heterocycles. The average molecular weight is 428 g/mol. The molecule has 29 heavy (non-hydrogen) atoms. The van der Waals surface area contributed by atoms with Crippen LogP contribution in [0, 0.1) is 0 Å². The van der Waals surface area contributed by atoms with E-state index in [0.717, 1.165) is 34.4 Å². The Morgan fingerprint density at radius 3 is 2.69 bits per heavy atom. The third-order valence-corrected chi connectivity index (χ3v) is 5.46. The molecule has 2 aromatic carbocycles. The van der Waals surface area contributed by atoms with Gasteiger partial charge in [0.25, 0.3) is 0 Å². The van der Waals surface area contributed by atoms with Crippen LogP contribution in [0.15, 0.2) is 58.2 Å². The molecular formula is C20H18ClN5O2S. The van der Waals surface area contributed by atoms with E-state index in [9.17, 15) is 0 Å². The second-order valence-corrected chi connectivity index (χ2v) is 7.47. The Kier molecular flexibility index (Phi) is 5.82. The third kappa shape index (κ3) is 4.28. The molecule has 2 aromatic heterocycles. The van der Waals surface area contributed by atoms with E-state index in [2.05, 4.69) is 27.3 Å². The van der Waals surface area contributed by atoms with Gasteiger partial charge in [-0.3, -0.25) is 0 Å². The largest absolute Gasteiger partial charge is 0.497 e. The van der Waals surface area contributed by atoms with Crippen molar-refractivity contribution in [3.8, 4) is 28.5 Å². The Bertz CT molecular complexity index is 1110. The zero-order valence-corrected chi connectivity index (χ0v) is 17.4. The molecule has 7 nitrogen and oxygen atoms in total. The van der Waals surface area contributed by atoms with E-state index in [4.69, 9.17) is 20.9 Å². The van der Waals surface area contributed by atoms with Crippen LogP contribution >= 0.6 is 23.4 Å². The molecule has 9 heteroatoms. The molecule has 0 amide bonds. The fraction of sp³-hybridized carbons (Fsp3) is 0.200. The van der Waals surface area contributed by atoms with Gasteiger partial charge in [0.15, 0.2) is 11.0 Å². The first-order valence-electron chi connectivity index (χ1n) is 8.97. The fourth-order valence-corrected chi connectivity index (χ4v) is 3.78. The second-order valence-electron chi connectivity index (χ2n) is 6.09. The van der Waals surface area contributed by atoms with Crippen molar-refractivity contribution in [1.82, 2.24) is 24.9 Å². The van der Waals surface area contributed by atoms with E-state index in [-0.39, 0.29) is 0 Å². The van der Waals surface area contributed by atoms with Gasteiger partial charge in [-0.05, 0) is 43.3 Å². The molecule has 0 N–H and O–H groups in total. The summed E-state index contributed by atoms with van der Waals surface area (Å²) < 4.78 is 12.7. The third-order valence-electron chi connectivity index (χ3n) is 4.26. The normalized spacial score (nSPS) is 11.0. The van der Waals surface area contributed by atoms with Crippen molar-refractivity contribution in [3.63, 3.8) is 0 Å². The van der Waals surface area contributed by atoms with Crippen LogP contribution in [-0.4, -0.2) is 32.0 Å². The standard InChI is InChI=1S/C20H18ClN5O2S/c1-3-26-19(13-7-9-15(21)10-8-13)23-24-20(26)29-12-17-22-18(25-28-17)14-5-4-6-16(11-14)27-2/h4-11H,3,12H2,1-2H3. The van der Waals surface area contributed by atoms with Gasteiger partial charge in [-0.1, -0.05) is 40.7 Å². The number of hydrogen-bond acceptors (Lipinski definition) is 7. The van der Waals surface area contributed by atoms with Crippen LogP contribution in [0.4, 0.5) is 0 Å². The first-order valence-corrected chi connectivity index (χ1v) is 10.3. The fourth-order valence-electron chi connectivity index (χ4n) is 2.81. The first kappa shape index (κ1) is 19.5. The van der Waals surface area contributed by atoms with E-state index in [1.54, 1.807) is 7.11 Å². The molecule has 0 aliphatic carbocycles. The number of methoxy groups -OCH3 is 1. The van der Waals surface area contributed by atoms with Crippen LogP contribution in [0.25, 0.3) is 22.8 Å². The molecule has 4 rings (SSSR count). The number of rotatable bonds is 7. The maximum absolute atomic E-state index is 5.98. The van der Waals surface area contributed by atoms with E-state index in [0.29, 0.717) is 22.5 Å². The molecule has 0 fully saturated rings. The molecule has 0 saturated carbocycles. The van der Waals surface area contributed by atoms with Crippen molar-refractivity contribution in [2.45, 2.75) is 24.4 Å². The summed E-state index contributed by atoms with van der Waals surface area (Å²) >= 11 is 7.48. The van der Waals surface area contributed by atoms with E-state index in [1.807, 2.05) is 53.1 Å². The quantitative estimate of drug-likeness (QED) is 0.385. The van der Waals surface area contributed by atoms with Crippen LogP contribution in [0.1, 0.15) is 12.8 Å². The number of halogens is 1. The SMILES string of the molecule is CCn1c(SCc2nc(-c3cccc(OC)c3)no2)nnc1-c1ccc(Cl)cc1. The molecule has 148 valence electrons. The summed E-state index contributed by atoms with van der Waals surface area (Å²) in [5.41, 5.74) is 1.81. The van der Waals surface area contributed by atoms with Gasteiger partial charge in [-0.25, -0.2) is 0 Å². The summed E-state index contributed by atoms with van der Waals surface area (Å²) in [6.07, 6.45) is 0. The monoisotopic (exact) mass is 427 g/mol. The minimum Gasteiger partial charge on any atom is -0.497 e. The zero-order valence-electron chi connectivity index (χ0n) is 15.9. The molecule has 0 atom stereocenters. The lowest BCUT2D eigenvalue weighted by atomic mass is 10.2. The van der Waals surface area contributed by atoms with Crippen molar-refractivity contribution in [2.75, 3.05) is 7.11 Å². The zero-order chi connectivity index (χ0) is 20.2. The molecular weight excluding hydrogens is 410 g/mol. The molecule has 0 aliphatic rings. The minimum absolute atomic E-state index is 0.496. The summed E-state index contributed by atoms with van der Waals surface area (Å²) in [6.45, 7) is 2.80. The van der Waals surface area contributed by atoms with Gasteiger partial charge in [0.05, 0.1) is 12.9 Å². The number of benzene rings is 2. The Balaban J connectivity index is 1.50. The molecule has 4 aromatic rings. The van der Waals surface area contributed by atoms with Crippen LogP contribution in [0.2, 0.25) is 5.02 Å². The Morgan fingerprint density at radius 2 is 1.93 bits per heavy atom. The van der Waals surface area contributed by atoms with Gasteiger partial charge in [0.2, 0.25) is 11.7 Å². The Hall–Kier alpha value is -2.84. The highest BCUT2D eigenvalue weighted by Gasteiger charge is 2.15. The first-order chi connectivity index (χ1) is 14.2. The van der Waals surface area contributed by atoms with Gasteiger partial charge in [-0.15, -0.1) is 10.2 Å². The van der Waals surface area contributed by atoms with E-state index in [1.165, 1.54) is 11.8 Å².